The van der Waals surface area contributed by atoms with Gasteiger partial charge in [-0.2, -0.15) is 9.80 Å². The third kappa shape index (κ3) is 3.07. The van der Waals surface area contributed by atoms with Crippen LogP contribution >= 0.6 is 0 Å². The van der Waals surface area contributed by atoms with Crippen LogP contribution in [0.25, 0.3) is 0 Å². The maximum absolute atomic E-state index is 13.4. The molecular weight excluding hydrogens is 484 g/mol. The molecule has 3 fully saturated rings. The normalized spacial score (nSPS) is 32.1. The second-order valence-corrected chi connectivity index (χ2v) is 10.0. The standard InChI is InChI=1S/C25H22N4O8/c26-24(35)28-20(31)13-3-2-12-14(18(13)22(28)33)7-15-19(23(34)29(21(15)32)25(27)36)17(12)10-5-9-6-11(30)1-4-16(9)37-8-10/h1-2,4,6,8,13-15,17-19,30H,3,5,7H2,(H2,26,35)(H2,27,36). The van der Waals surface area contributed by atoms with E-state index in [1.165, 1.54) is 18.4 Å². The number of phenols is 1. The number of hydrogen-bond acceptors (Lipinski definition) is 8. The molecule has 6 atom stereocenters. The smallest absolute Gasteiger partial charge is 0.328 e. The second kappa shape index (κ2) is 7.76. The number of urea groups is 2. The number of ether oxygens (including phenoxy) is 1. The Morgan fingerprint density at radius 3 is 2.22 bits per heavy atom. The second-order valence-electron chi connectivity index (χ2n) is 10.0. The molecule has 0 radical (unpaired) electrons. The van der Waals surface area contributed by atoms with Crippen molar-refractivity contribution in [1.29, 1.82) is 0 Å². The number of imide groups is 6. The molecule has 3 heterocycles. The molecule has 0 spiro atoms. The fourth-order valence-corrected chi connectivity index (χ4v) is 6.85. The average Bonchev–Trinajstić information content (AvgIpc) is 3.26. The number of benzene rings is 1. The van der Waals surface area contributed by atoms with Crippen LogP contribution in [0, 0.1) is 35.5 Å². The van der Waals surface area contributed by atoms with Gasteiger partial charge < -0.3 is 21.3 Å². The average molecular weight is 506 g/mol. The minimum atomic E-state index is -1.19. The molecule has 5 N–H and O–H groups in total. The Bertz CT molecular complexity index is 1400. The first-order valence-electron chi connectivity index (χ1n) is 11.8. The molecule has 12 nitrogen and oxygen atoms in total. The number of amides is 8. The van der Waals surface area contributed by atoms with Crippen LogP contribution in [0.5, 0.6) is 11.5 Å². The van der Waals surface area contributed by atoms with Crippen molar-refractivity contribution in [3.8, 4) is 11.5 Å². The summed E-state index contributed by atoms with van der Waals surface area (Å²) in [6.07, 6.45) is 3.71. The lowest BCUT2D eigenvalue weighted by Gasteiger charge is -2.44. The summed E-state index contributed by atoms with van der Waals surface area (Å²) in [7, 11) is 0. The number of rotatable bonds is 1. The SMILES string of the molecule is NC(=O)N1C(=O)C2CC=C3C(CC4C(=O)N(C(N)=O)C(=O)C4C3C3=COc4ccc(O)cc4C3)C2C1=O. The number of nitrogens with two attached hydrogens (primary N) is 2. The highest BCUT2D eigenvalue weighted by Gasteiger charge is 2.63. The molecule has 2 aliphatic carbocycles. The lowest BCUT2D eigenvalue weighted by Crippen LogP contribution is -2.45. The van der Waals surface area contributed by atoms with E-state index in [1.54, 1.807) is 12.1 Å². The lowest BCUT2D eigenvalue weighted by molar-refractivity contribution is -0.138. The molecule has 8 amide bonds. The Hall–Kier alpha value is -4.48. The van der Waals surface area contributed by atoms with Gasteiger partial charge in [0.25, 0.3) is 0 Å². The number of primary amides is 2. The topological polar surface area (TPSA) is 190 Å². The summed E-state index contributed by atoms with van der Waals surface area (Å²) in [5.74, 6) is -7.44. The Kier molecular flexibility index (Phi) is 4.81. The molecule has 37 heavy (non-hydrogen) atoms. The molecule has 12 heteroatoms. The van der Waals surface area contributed by atoms with Gasteiger partial charge in [0.1, 0.15) is 11.5 Å². The van der Waals surface area contributed by atoms with E-state index in [9.17, 15) is 33.9 Å². The zero-order chi connectivity index (χ0) is 26.3. The van der Waals surface area contributed by atoms with Gasteiger partial charge in [-0.25, -0.2) is 9.59 Å². The van der Waals surface area contributed by atoms with E-state index in [0.717, 1.165) is 0 Å². The van der Waals surface area contributed by atoms with Crippen molar-refractivity contribution in [2.75, 3.05) is 0 Å². The summed E-state index contributed by atoms with van der Waals surface area (Å²) in [6.45, 7) is 0. The Morgan fingerprint density at radius 1 is 0.892 bits per heavy atom. The minimum Gasteiger partial charge on any atom is -0.508 e. The zero-order valence-corrected chi connectivity index (χ0v) is 19.3. The fourth-order valence-electron chi connectivity index (χ4n) is 6.85. The highest BCUT2D eigenvalue weighted by molar-refractivity contribution is 6.18. The fraction of sp³-hybridized carbons (Fsp3) is 0.360. The van der Waals surface area contributed by atoms with Gasteiger partial charge in [0.05, 0.1) is 29.9 Å². The molecule has 190 valence electrons. The quantitative estimate of drug-likeness (QED) is 0.363. The highest BCUT2D eigenvalue weighted by atomic mass is 16.5. The summed E-state index contributed by atoms with van der Waals surface area (Å²) in [4.78, 5) is 77.4. The summed E-state index contributed by atoms with van der Waals surface area (Å²) < 4.78 is 5.79. The predicted molar refractivity (Wildman–Crippen MR) is 122 cm³/mol. The van der Waals surface area contributed by atoms with Crippen molar-refractivity contribution >= 4 is 35.7 Å². The van der Waals surface area contributed by atoms with Gasteiger partial charge in [-0.3, -0.25) is 19.2 Å². The van der Waals surface area contributed by atoms with Crippen molar-refractivity contribution in [3.05, 3.63) is 47.2 Å². The summed E-state index contributed by atoms with van der Waals surface area (Å²) >= 11 is 0. The van der Waals surface area contributed by atoms with Crippen molar-refractivity contribution < 1.29 is 38.6 Å². The van der Waals surface area contributed by atoms with Gasteiger partial charge in [-0.15, -0.1) is 0 Å². The molecule has 1 saturated carbocycles. The summed E-state index contributed by atoms with van der Waals surface area (Å²) in [5, 5.41) is 9.97. The predicted octanol–water partition coefficient (Wildman–Crippen LogP) is 0.537. The van der Waals surface area contributed by atoms with Crippen LogP contribution in [0.4, 0.5) is 9.59 Å². The van der Waals surface area contributed by atoms with Crippen LogP contribution in [-0.2, 0) is 25.6 Å². The van der Waals surface area contributed by atoms with E-state index in [1.807, 2.05) is 0 Å². The van der Waals surface area contributed by atoms with Crippen LogP contribution in [-0.4, -0.2) is 50.6 Å². The first-order valence-corrected chi connectivity index (χ1v) is 11.8. The van der Waals surface area contributed by atoms with Gasteiger partial charge in [0.2, 0.25) is 23.6 Å². The van der Waals surface area contributed by atoms with Gasteiger partial charge in [0, 0.05) is 17.9 Å². The monoisotopic (exact) mass is 506 g/mol. The Morgan fingerprint density at radius 2 is 1.54 bits per heavy atom. The molecular formula is C25H22N4O8. The number of carbonyl (C=O) groups is 6. The maximum Gasteiger partial charge on any atom is 0.328 e. The highest BCUT2D eigenvalue weighted by Crippen LogP contribution is 2.57. The van der Waals surface area contributed by atoms with Gasteiger partial charge in [-0.05, 0) is 42.5 Å². The molecule has 1 aromatic carbocycles. The molecule has 6 rings (SSSR count). The summed E-state index contributed by atoms with van der Waals surface area (Å²) in [6, 6.07) is 2.27. The van der Waals surface area contributed by atoms with Gasteiger partial charge in [-0.1, -0.05) is 11.6 Å². The number of carbonyl (C=O) groups excluding carboxylic acids is 6. The molecule has 2 saturated heterocycles. The number of phenolic OH excluding ortho intramolecular Hbond substituents is 1. The van der Waals surface area contributed by atoms with Crippen molar-refractivity contribution in [1.82, 2.24) is 9.80 Å². The number of hydrogen-bond donors (Lipinski definition) is 3. The van der Waals surface area contributed by atoms with Gasteiger partial charge in [0.15, 0.2) is 0 Å². The largest absolute Gasteiger partial charge is 0.508 e. The summed E-state index contributed by atoms with van der Waals surface area (Å²) in [5.41, 5.74) is 12.6. The van der Waals surface area contributed by atoms with Crippen molar-refractivity contribution in [3.63, 3.8) is 0 Å². The molecule has 0 aromatic heterocycles. The van der Waals surface area contributed by atoms with Crippen LogP contribution < -0.4 is 16.2 Å². The Labute approximate surface area is 209 Å². The van der Waals surface area contributed by atoms with E-state index < -0.39 is 71.2 Å². The number of nitrogens with zero attached hydrogens (tertiary/aromatic N) is 2. The number of aromatic hydroxyl groups is 1. The van der Waals surface area contributed by atoms with E-state index in [-0.39, 0.29) is 25.0 Å². The van der Waals surface area contributed by atoms with Crippen LogP contribution in [0.15, 0.2) is 41.7 Å². The third-order valence-electron chi connectivity index (χ3n) is 8.26. The number of likely N-dealkylation sites (tertiary alicyclic amines) is 2. The molecule has 1 aromatic rings. The molecule has 5 aliphatic rings. The van der Waals surface area contributed by atoms with Gasteiger partial charge >= 0.3 is 12.1 Å². The van der Waals surface area contributed by atoms with E-state index in [2.05, 4.69) is 0 Å². The minimum absolute atomic E-state index is 0.0244. The van der Waals surface area contributed by atoms with Crippen LogP contribution in [0.3, 0.4) is 0 Å². The first kappa shape index (κ1) is 23.0. The third-order valence-corrected chi connectivity index (χ3v) is 8.26. The molecule has 3 aliphatic heterocycles. The first-order chi connectivity index (χ1) is 17.6. The Balaban J connectivity index is 1.46. The van der Waals surface area contributed by atoms with E-state index in [4.69, 9.17) is 16.2 Å². The number of allylic oxidation sites excluding steroid dienone is 3. The lowest BCUT2D eigenvalue weighted by atomic mass is 9.56. The zero-order valence-electron chi connectivity index (χ0n) is 19.3. The maximum atomic E-state index is 13.4. The van der Waals surface area contributed by atoms with E-state index >= 15 is 0 Å². The van der Waals surface area contributed by atoms with Crippen LogP contribution in [0.2, 0.25) is 0 Å². The van der Waals surface area contributed by atoms with Crippen LogP contribution in [0.1, 0.15) is 18.4 Å². The van der Waals surface area contributed by atoms with Crippen molar-refractivity contribution in [2.24, 2.45) is 47.0 Å². The number of fused-ring (bicyclic) bond motifs is 5. The van der Waals surface area contributed by atoms with Crippen molar-refractivity contribution in [2.45, 2.75) is 19.3 Å². The van der Waals surface area contributed by atoms with E-state index in [0.29, 0.717) is 32.3 Å². The molecule has 6 unspecified atom stereocenters. The molecule has 0 bridgehead atoms.